The van der Waals surface area contributed by atoms with Crippen LogP contribution in [0.1, 0.15) is 31.7 Å². The van der Waals surface area contributed by atoms with E-state index in [2.05, 4.69) is 10.2 Å². The first-order valence-electron chi connectivity index (χ1n) is 9.30. The molecule has 0 radical (unpaired) electrons. The van der Waals surface area contributed by atoms with Crippen LogP contribution in [0.15, 0.2) is 54.9 Å². The molecule has 0 spiro atoms. The summed E-state index contributed by atoms with van der Waals surface area (Å²) in [5.41, 5.74) is -0.249. The summed E-state index contributed by atoms with van der Waals surface area (Å²) in [7, 11) is 1.92. The van der Waals surface area contributed by atoms with E-state index in [0.29, 0.717) is 12.4 Å². The van der Waals surface area contributed by atoms with Gasteiger partial charge in [0, 0.05) is 12.6 Å². The fraction of sp³-hybridized carbons (Fsp3) is 0.429. The van der Waals surface area contributed by atoms with E-state index in [4.69, 9.17) is 0 Å². The number of aromatic nitrogens is 3. The molecular formula is C21H25F3N4. The topological polar surface area (TPSA) is 34.0 Å². The van der Waals surface area contributed by atoms with Gasteiger partial charge in [0.2, 0.25) is 0 Å². The Labute approximate surface area is 163 Å². The zero-order valence-electron chi connectivity index (χ0n) is 16.3. The third-order valence-electron chi connectivity index (χ3n) is 5.36. The van der Waals surface area contributed by atoms with Crippen LogP contribution in [0.5, 0.6) is 0 Å². The van der Waals surface area contributed by atoms with Gasteiger partial charge in [-0.25, -0.2) is 0 Å². The predicted octanol–water partition coefficient (Wildman–Crippen LogP) is 4.71. The van der Waals surface area contributed by atoms with Gasteiger partial charge in [-0.15, -0.1) is 10.2 Å². The van der Waals surface area contributed by atoms with Gasteiger partial charge in [0.25, 0.3) is 0 Å². The van der Waals surface area contributed by atoms with Crippen LogP contribution in [0, 0.1) is 5.41 Å². The summed E-state index contributed by atoms with van der Waals surface area (Å²) in [5.74, 6) is 0.533. The molecule has 0 bridgehead atoms. The zero-order valence-corrected chi connectivity index (χ0v) is 16.3. The summed E-state index contributed by atoms with van der Waals surface area (Å²) in [4.78, 5) is 2.02. The number of halogens is 3. The maximum absolute atomic E-state index is 14.1. The first kappa shape index (κ1) is 20.3. The molecule has 0 amide bonds. The van der Waals surface area contributed by atoms with Crippen LogP contribution >= 0.6 is 0 Å². The molecule has 0 N–H and O–H groups in total. The summed E-state index contributed by atoms with van der Waals surface area (Å²) in [6, 6.07) is 9.70. The Bertz CT molecular complexity index is 852. The lowest BCUT2D eigenvalue weighted by atomic mass is 9.78. The zero-order chi connectivity index (χ0) is 20.4. The van der Waals surface area contributed by atoms with Crippen molar-refractivity contribution in [3.63, 3.8) is 0 Å². The average Bonchev–Trinajstić information content (AvgIpc) is 3.08. The maximum atomic E-state index is 14.1. The van der Waals surface area contributed by atoms with Crippen molar-refractivity contribution < 1.29 is 13.2 Å². The van der Waals surface area contributed by atoms with Gasteiger partial charge in [0.1, 0.15) is 17.6 Å². The summed E-state index contributed by atoms with van der Waals surface area (Å²) in [5, 5.41) is 7.90. The van der Waals surface area contributed by atoms with Gasteiger partial charge < -0.3 is 4.57 Å². The van der Waals surface area contributed by atoms with E-state index in [1.807, 2.05) is 56.1 Å². The van der Waals surface area contributed by atoms with Gasteiger partial charge in [-0.05, 0) is 38.5 Å². The van der Waals surface area contributed by atoms with Crippen LogP contribution in [-0.2, 0) is 13.1 Å². The number of rotatable bonds is 6. The number of hydrogen-bond donors (Lipinski definition) is 0. The van der Waals surface area contributed by atoms with E-state index < -0.39 is 11.6 Å². The predicted molar refractivity (Wildman–Crippen MR) is 103 cm³/mol. The van der Waals surface area contributed by atoms with Crippen molar-refractivity contribution in [3.8, 4) is 0 Å². The summed E-state index contributed by atoms with van der Waals surface area (Å²) in [6.45, 7) is 4.26. The van der Waals surface area contributed by atoms with Crippen molar-refractivity contribution in [1.29, 1.82) is 0 Å². The number of hydrogen-bond acceptors (Lipinski definition) is 3. The molecule has 1 unspecified atom stereocenters. The molecule has 1 atom stereocenters. The molecule has 1 aromatic carbocycles. The Morgan fingerprint density at radius 2 is 1.93 bits per heavy atom. The van der Waals surface area contributed by atoms with Gasteiger partial charge in [0.05, 0.1) is 6.54 Å². The van der Waals surface area contributed by atoms with E-state index >= 15 is 0 Å². The standard InChI is InChI=1S/C21H25F3N4/c1-16(2)27(3)13-19-26-25-15-28(19)14-20(21(22,23)24)11-9-18(10-12-20)17-7-5-4-6-8-17/h4-11,15-16H,12-14H2,1-3H3. The van der Waals surface area contributed by atoms with Crippen molar-refractivity contribution in [1.82, 2.24) is 19.7 Å². The smallest absolute Gasteiger partial charge is 0.315 e. The highest BCUT2D eigenvalue weighted by Crippen LogP contribution is 2.47. The third-order valence-corrected chi connectivity index (χ3v) is 5.36. The minimum Gasteiger partial charge on any atom is -0.315 e. The second kappa shape index (κ2) is 7.91. The normalized spacial score (nSPS) is 20.1. The Balaban J connectivity index is 1.85. The molecular weight excluding hydrogens is 365 g/mol. The lowest BCUT2D eigenvalue weighted by molar-refractivity contribution is -0.210. The van der Waals surface area contributed by atoms with Crippen molar-refractivity contribution in [2.24, 2.45) is 5.41 Å². The maximum Gasteiger partial charge on any atom is 0.399 e. The molecule has 1 heterocycles. The molecule has 7 heteroatoms. The fourth-order valence-electron chi connectivity index (χ4n) is 3.18. The fourth-order valence-corrected chi connectivity index (χ4v) is 3.18. The van der Waals surface area contributed by atoms with Gasteiger partial charge >= 0.3 is 6.18 Å². The highest BCUT2D eigenvalue weighted by Gasteiger charge is 2.53. The molecule has 3 rings (SSSR count). The van der Waals surface area contributed by atoms with E-state index in [0.717, 1.165) is 11.1 Å². The van der Waals surface area contributed by atoms with Crippen molar-refractivity contribution >= 4 is 5.57 Å². The Morgan fingerprint density at radius 1 is 1.21 bits per heavy atom. The van der Waals surface area contributed by atoms with Gasteiger partial charge in [-0.2, -0.15) is 13.2 Å². The molecule has 4 nitrogen and oxygen atoms in total. The largest absolute Gasteiger partial charge is 0.399 e. The first-order valence-corrected chi connectivity index (χ1v) is 9.30. The average molecular weight is 390 g/mol. The summed E-state index contributed by atoms with van der Waals surface area (Å²) in [6.07, 6.45) is 1.44. The van der Waals surface area contributed by atoms with Crippen molar-refractivity contribution in [3.05, 3.63) is 66.3 Å². The van der Waals surface area contributed by atoms with E-state index in [9.17, 15) is 13.2 Å². The van der Waals surface area contributed by atoms with E-state index in [1.165, 1.54) is 17.0 Å². The Morgan fingerprint density at radius 3 is 2.50 bits per heavy atom. The first-order chi connectivity index (χ1) is 13.2. The number of benzene rings is 1. The van der Waals surface area contributed by atoms with Gasteiger partial charge in [0.15, 0.2) is 0 Å². The molecule has 1 aliphatic rings. The van der Waals surface area contributed by atoms with Crippen LogP contribution in [-0.4, -0.2) is 38.9 Å². The van der Waals surface area contributed by atoms with Gasteiger partial charge in [-0.1, -0.05) is 48.6 Å². The monoisotopic (exact) mass is 390 g/mol. The van der Waals surface area contributed by atoms with Crippen LogP contribution in [0.2, 0.25) is 0 Å². The third kappa shape index (κ3) is 4.19. The Hall–Kier alpha value is -2.41. The van der Waals surface area contributed by atoms with Gasteiger partial charge in [-0.3, -0.25) is 4.90 Å². The van der Waals surface area contributed by atoms with Crippen molar-refractivity contribution in [2.45, 2.75) is 45.6 Å². The highest BCUT2D eigenvalue weighted by molar-refractivity contribution is 5.75. The second-order valence-electron chi connectivity index (χ2n) is 7.60. The molecule has 1 aromatic heterocycles. The lowest BCUT2D eigenvalue weighted by Gasteiger charge is -2.35. The number of allylic oxidation sites excluding steroid dienone is 4. The molecule has 0 saturated heterocycles. The molecule has 0 saturated carbocycles. The van der Waals surface area contributed by atoms with E-state index in [1.54, 1.807) is 12.2 Å². The van der Waals surface area contributed by atoms with Crippen LogP contribution in [0.3, 0.4) is 0 Å². The number of nitrogens with zero attached hydrogens (tertiary/aromatic N) is 4. The number of alkyl halides is 3. The molecule has 150 valence electrons. The minimum absolute atomic E-state index is 0.116. The highest BCUT2D eigenvalue weighted by atomic mass is 19.4. The molecule has 0 aliphatic heterocycles. The quantitative estimate of drug-likeness (QED) is 0.716. The molecule has 0 fully saturated rings. The molecule has 2 aromatic rings. The molecule has 28 heavy (non-hydrogen) atoms. The molecule has 1 aliphatic carbocycles. The van der Waals surface area contributed by atoms with Crippen LogP contribution in [0.25, 0.3) is 5.57 Å². The summed E-state index contributed by atoms with van der Waals surface area (Å²) < 4.78 is 43.8. The van der Waals surface area contributed by atoms with Crippen molar-refractivity contribution in [2.75, 3.05) is 7.05 Å². The summed E-state index contributed by atoms with van der Waals surface area (Å²) >= 11 is 0. The van der Waals surface area contributed by atoms with E-state index in [-0.39, 0.29) is 19.0 Å². The minimum atomic E-state index is -4.38. The lowest BCUT2D eigenvalue weighted by Crippen LogP contribution is -2.41. The second-order valence-corrected chi connectivity index (χ2v) is 7.60. The SMILES string of the molecule is CC(C)N(C)Cc1nncn1CC1(C(F)(F)F)C=CC(c2ccccc2)=CC1. The van der Waals surface area contributed by atoms with Crippen LogP contribution in [0.4, 0.5) is 13.2 Å². The van der Waals surface area contributed by atoms with Crippen LogP contribution < -0.4 is 0 Å². The Kier molecular flexibility index (Phi) is 5.74.